The van der Waals surface area contributed by atoms with E-state index in [-0.39, 0.29) is 11.1 Å². The van der Waals surface area contributed by atoms with Crippen molar-refractivity contribution in [3.63, 3.8) is 0 Å². The van der Waals surface area contributed by atoms with E-state index in [1.54, 1.807) is 23.9 Å². The maximum absolute atomic E-state index is 13.8. The summed E-state index contributed by atoms with van der Waals surface area (Å²) >= 11 is 11.9. The average molecular weight is 296 g/mol. The lowest BCUT2D eigenvalue weighted by Gasteiger charge is -2.01. The molecule has 3 aromatic rings. The molecular weight excluding hydrogens is 288 g/mol. The number of para-hydroxylation sites is 1. The molecule has 0 fully saturated rings. The first-order valence-corrected chi connectivity index (χ1v) is 6.25. The molecule has 0 saturated carbocycles. The highest BCUT2D eigenvalue weighted by Gasteiger charge is 2.15. The molecule has 1 aromatic carbocycles. The van der Waals surface area contributed by atoms with Crippen molar-refractivity contribution >= 4 is 34.1 Å². The van der Waals surface area contributed by atoms with Crippen LogP contribution in [0.15, 0.2) is 30.6 Å². The molecule has 0 saturated heterocycles. The van der Waals surface area contributed by atoms with Crippen LogP contribution in [0.25, 0.3) is 22.2 Å². The van der Waals surface area contributed by atoms with Crippen LogP contribution in [0.5, 0.6) is 0 Å². The summed E-state index contributed by atoms with van der Waals surface area (Å²) < 4.78 is 15.5. The predicted molar refractivity (Wildman–Crippen MR) is 73.9 cm³/mol. The van der Waals surface area contributed by atoms with E-state index in [9.17, 15) is 4.39 Å². The minimum Gasteiger partial charge on any atom is -0.347 e. The predicted octanol–water partition coefficient (Wildman–Crippen LogP) is 4.08. The second kappa shape index (κ2) is 4.47. The van der Waals surface area contributed by atoms with Crippen molar-refractivity contribution in [2.45, 2.75) is 0 Å². The molecule has 0 aliphatic heterocycles. The Morgan fingerprint density at radius 1 is 1.26 bits per heavy atom. The normalized spacial score (nSPS) is 11.2. The van der Waals surface area contributed by atoms with Gasteiger partial charge >= 0.3 is 0 Å². The van der Waals surface area contributed by atoms with Gasteiger partial charge in [0.1, 0.15) is 5.82 Å². The third kappa shape index (κ3) is 1.97. The van der Waals surface area contributed by atoms with Gasteiger partial charge < -0.3 is 4.57 Å². The first-order chi connectivity index (χ1) is 9.08. The first kappa shape index (κ1) is 12.4. The molecule has 2 heterocycles. The zero-order valence-corrected chi connectivity index (χ0v) is 11.4. The Morgan fingerprint density at radius 3 is 2.84 bits per heavy atom. The summed E-state index contributed by atoms with van der Waals surface area (Å²) in [5.41, 5.74) is 1.73. The summed E-state index contributed by atoms with van der Waals surface area (Å²) in [6, 6.07) is 4.89. The van der Waals surface area contributed by atoms with Gasteiger partial charge in [0.15, 0.2) is 0 Å². The number of halogens is 3. The van der Waals surface area contributed by atoms with E-state index in [0.29, 0.717) is 16.2 Å². The molecule has 2 aromatic heterocycles. The molecule has 3 rings (SSSR count). The Kier molecular flexibility index (Phi) is 2.92. The minimum atomic E-state index is -0.289. The Balaban J connectivity index is 2.38. The molecule has 3 nitrogen and oxygen atoms in total. The molecule has 0 atom stereocenters. The Hall–Kier alpha value is -1.65. The van der Waals surface area contributed by atoms with Gasteiger partial charge in [-0.15, -0.1) is 0 Å². The first-order valence-electron chi connectivity index (χ1n) is 5.50. The average Bonchev–Trinajstić information content (AvgIpc) is 2.71. The van der Waals surface area contributed by atoms with E-state index in [1.807, 2.05) is 6.07 Å². The molecule has 0 aliphatic rings. The van der Waals surface area contributed by atoms with Crippen molar-refractivity contribution in [3.05, 3.63) is 46.7 Å². The Morgan fingerprint density at radius 2 is 2.05 bits per heavy atom. The summed E-state index contributed by atoms with van der Waals surface area (Å²) in [5.74, 6) is -0.289. The molecule has 0 aliphatic carbocycles. The van der Waals surface area contributed by atoms with Crippen LogP contribution in [0.4, 0.5) is 4.39 Å². The monoisotopic (exact) mass is 295 g/mol. The van der Waals surface area contributed by atoms with E-state index < -0.39 is 0 Å². The van der Waals surface area contributed by atoms with E-state index in [4.69, 9.17) is 23.2 Å². The van der Waals surface area contributed by atoms with Crippen molar-refractivity contribution in [3.8, 4) is 11.3 Å². The van der Waals surface area contributed by atoms with E-state index in [2.05, 4.69) is 9.97 Å². The van der Waals surface area contributed by atoms with E-state index in [1.165, 1.54) is 12.3 Å². The maximum atomic E-state index is 13.8. The van der Waals surface area contributed by atoms with E-state index >= 15 is 0 Å². The highest BCUT2D eigenvalue weighted by atomic mass is 35.5. The van der Waals surface area contributed by atoms with Crippen LogP contribution in [0, 0.1) is 5.82 Å². The lowest BCUT2D eigenvalue weighted by atomic mass is 10.1. The highest BCUT2D eigenvalue weighted by molar-refractivity contribution is 6.34. The van der Waals surface area contributed by atoms with E-state index in [0.717, 1.165) is 10.9 Å². The van der Waals surface area contributed by atoms with Gasteiger partial charge in [0, 0.05) is 24.2 Å². The second-order valence-corrected chi connectivity index (χ2v) is 4.87. The van der Waals surface area contributed by atoms with Gasteiger partial charge in [0.2, 0.25) is 5.28 Å². The van der Waals surface area contributed by atoms with Gasteiger partial charge in [-0.3, -0.25) is 0 Å². The van der Waals surface area contributed by atoms with Crippen molar-refractivity contribution in [1.29, 1.82) is 0 Å². The third-order valence-corrected chi connectivity index (χ3v) is 3.38. The molecule has 0 spiro atoms. The number of rotatable bonds is 1. The van der Waals surface area contributed by atoms with Crippen molar-refractivity contribution in [2.24, 2.45) is 7.05 Å². The number of aryl methyl sites for hydroxylation is 1. The van der Waals surface area contributed by atoms with Crippen LogP contribution < -0.4 is 0 Å². The molecule has 0 unspecified atom stereocenters. The molecule has 0 N–H and O–H groups in total. The number of hydrogen-bond acceptors (Lipinski definition) is 2. The number of fused-ring (bicyclic) bond motifs is 1. The maximum Gasteiger partial charge on any atom is 0.222 e. The zero-order valence-electron chi connectivity index (χ0n) is 9.86. The lowest BCUT2D eigenvalue weighted by molar-refractivity contribution is 0.632. The fourth-order valence-corrected chi connectivity index (χ4v) is 2.47. The Labute approximate surface area is 118 Å². The number of benzene rings is 1. The molecule has 0 amide bonds. The summed E-state index contributed by atoms with van der Waals surface area (Å²) in [5, 5.41) is 1.22. The van der Waals surface area contributed by atoms with Gasteiger partial charge in [0.25, 0.3) is 0 Å². The minimum absolute atomic E-state index is 0.104. The van der Waals surface area contributed by atoms with Crippen LogP contribution in [-0.2, 0) is 7.05 Å². The summed E-state index contributed by atoms with van der Waals surface area (Å²) in [4.78, 5) is 7.93. The van der Waals surface area contributed by atoms with Gasteiger partial charge in [0.05, 0.1) is 22.4 Å². The molecule has 6 heteroatoms. The number of hydrogen-bond donors (Lipinski definition) is 0. The van der Waals surface area contributed by atoms with Crippen molar-refractivity contribution in [1.82, 2.24) is 14.5 Å². The topological polar surface area (TPSA) is 30.7 Å². The van der Waals surface area contributed by atoms with Crippen LogP contribution in [0.1, 0.15) is 0 Å². The van der Waals surface area contributed by atoms with Crippen LogP contribution in [-0.4, -0.2) is 14.5 Å². The molecule has 96 valence electrons. The lowest BCUT2D eigenvalue weighted by Crippen LogP contribution is -1.88. The van der Waals surface area contributed by atoms with Gasteiger partial charge in [-0.1, -0.05) is 23.7 Å². The third-order valence-electron chi connectivity index (χ3n) is 2.92. The smallest absolute Gasteiger partial charge is 0.222 e. The van der Waals surface area contributed by atoms with Crippen LogP contribution >= 0.6 is 23.2 Å². The van der Waals surface area contributed by atoms with Crippen molar-refractivity contribution in [2.75, 3.05) is 0 Å². The second-order valence-electron chi connectivity index (χ2n) is 4.13. The summed E-state index contributed by atoms with van der Waals surface area (Å²) in [7, 11) is 1.77. The molecular formula is C13H8Cl2FN3. The number of nitrogens with zero attached hydrogens (tertiary/aromatic N) is 3. The van der Waals surface area contributed by atoms with Gasteiger partial charge in [-0.05, 0) is 17.7 Å². The van der Waals surface area contributed by atoms with Gasteiger partial charge in [-0.2, -0.15) is 0 Å². The van der Waals surface area contributed by atoms with Crippen molar-refractivity contribution < 1.29 is 4.39 Å². The standard InChI is InChI=1S/C13H8Cl2FN3/c1-19-6-8(7-3-2-4-10(16)12(7)19)11-9(14)5-17-13(15)18-11/h2-6H,1H3. The fraction of sp³-hybridized carbons (Fsp3) is 0.0769. The van der Waals surface area contributed by atoms with Crippen LogP contribution in [0.3, 0.4) is 0 Å². The SMILES string of the molecule is Cn1cc(-c2nc(Cl)ncc2Cl)c2cccc(F)c21. The molecule has 0 bridgehead atoms. The quantitative estimate of drug-likeness (QED) is 0.633. The fourth-order valence-electron chi connectivity index (χ4n) is 2.14. The molecule has 0 radical (unpaired) electrons. The summed E-state index contributed by atoms with van der Waals surface area (Å²) in [6.45, 7) is 0. The molecule has 19 heavy (non-hydrogen) atoms. The Bertz CT molecular complexity index is 783. The number of aromatic nitrogens is 3. The van der Waals surface area contributed by atoms with Gasteiger partial charge in [-0.25, -0.2) is 14.4 Å². The van der Waals surface area contributed by atoms with Crippen LogP contribution in [0.2, 0.25) is 10.3 Å². The largest absolute Gasteiger partial charge is 0.347 e. The zero-order chi connectivity index (χ0) is 13.6. The highest BCUT2D eigenvalue weighted by Crippen LogP contribution is 2.34. The summed E-state index contributed by atoms with van der Waals surface area (Å²) in [6.07, 6.45) is 3.21.